The third-order valence-electron chi connectivity index (χ3n) is 3.92. The number of carbonyl (C=O) groups is 3. The molecule has 0 saturated heterocycles. The van der Waals surface area contributed by atoms with E-state index in [9.17, 15) is 19.5 Å². The van der Waals surface area contributed by atoms with Gasteiger partial charge in [-0.25, -0.2) is 14.4 Å². The van der Waals surface area contributed by atoms with E-state index >= 15 is 0 Å². The van der Waals surface area contributed by atoms with Crippen molar-refractivity contribution < 1.29 is 34.4 Å². The molecule has 1 aromatic rings. The van der Waals surface area contributed by atoms with Crippen LogP contribution in [0.4, 0.5) is 0 Å². The zero-order valence-electron chi connectivity index (χ0n) is 15.9. The molecule has 1 aromatic carbocycles. The molecule has 0 aromatic heterocycles. The van der Waals surface area contributed by atoms with Crippen LogP contribution in [0, 0.1) is 0 Å². The molecule has 0 unspecified atom stereocenters. The molecule has 0 heterocycles. The minimum Gasteiger partial charge on any atom is -0.479 e. The first-order chi connectivity index (χ1) is 11.6. The van der Waals surface area contributed by atoms with Gasteiger partial charge in [-0.1, -0.05) is 47.6 Å². The molecule has 1 rings (SSSR count). The lowest BCUT2D eigenvalue weighted by molar-refractivity contribution is -0.166. The van der Waals surface area contributed by atoms with E-state index in [0.29, 0.717) is 0 Å². The highest BCUT2D eigenvalue weighted by Gasteiger charge is 2.36. The van der Waals surface area contributed by atoms with Gasteiger partial charge >= 0.3 is 17.9 Å². The highest BCUT2D eigenvalue weighted by Crippen LogP contribution is 2.30. The number of carboxylic acids is 2. The summed E-state index contributed by atoms with van der Waals surface area (Å²) < 4.78 is 4.79. The summed E-state index contributed by atoms with van der Waals surface area (Å²) in [5, 5.41) is 27.3. The fourth-order valence-corrected chi connectivity index (χ4v) is 2.17. The van der Waals surface area contributed by atoms with Crippen molar-refractivity contribution in [3.63, 3.8) is 0 Å². The van der Waals surface area contributed by atoms with E-state index in [0.717, 1.165) is 11.1 Å². The molecule has 0 aliphatic carbocycles. The zero-order valence-corrected chi connectivity index (χ0v) is 15.9. The Hall–Kier alpha value is -2.41. The first-order valence-electron chi connectivity index (χ1n) is 8.15. The lowest BCUT2D eigenvalue weighted by atomic mass is 9.79. The second-order valence-electron chi connectivity index (χ2n) is 8.25. The summed E-state index contributed by atoms with van der Waals surface area (Å²) in [6.45, 7) is 11.8. The Balaban J connectivity index is 3.34. The third-order valence-corrected chi connectivity index (χ3v) is 3.92. The number of ether oxygens (including phenoxy) is 1. The van der Waals surface area contributed by atoms with Gasteiger partial charge in [0, 0.05) is 0 Å². The van der Waals surface area contributed by atoms with Crippen LogP contribution in [0.1, 0.15) is 63.0 Å². The minimum absolute atomic E-state index is 0.103. The molecule has 0 aliphatic rings. The van der Waals surface area contributed by atoms with Crippen LogP contribution >= 0.6 is 0 Å². The Morgan fingerprint density at radius 2 is 1.27 bits per heavy atom. The van der Waals surface area contributed by atoms with Gasteiger partial charge in [0.05, 0.1) is 5.56 Å². The van der Waals surface area contributed by atoms with E-state index in [-0.39, 0.29) is 16.4 Å². The molecule has 0 fully saturated rings. The van der Waals surface area contributed by atoms with Gasteiger partial charge in [0.2, 0.25) is 6.10 Å². The van der Waals surface area contributed by atoms with Crippen LogP contribution in [0.3, 0.4) is 0 Å². The number of hydrogen-bond acceptors (Lipinski definition) is 5. The SMILES string of the molecule is CC(C)(C)c1cc(C(=O)O[C@@H](C(=O)O)[C@@H](O)C(=O)O)cc(C(C)(C)C)c1. The van der Waals surface area contributed by atoms with E-state index in [1.54, 1.807) is 12.1 Å². The number of aliphatic hydroxyl groups excluding tert-OH is 1. The second kappa shape index (κ2) is 7.45. The Bertz CT molecular complexity index is 675. The van der Waals surface area contributed by atoms with Gasteiger partial charge < -0.3 is 20.1 Å². The number of rotatable bonds is 5. The molecule has 0 radical (unpaired) electrons. The summed E-state index contributed by atoms with van der Waals surface area (Å²) in [4.78, 5) is 34.4. The highest BCUT2D eigenvalue weighted by atomic mass is 16.6. The molecule has 0 bridgehead atoms. The molecule has 2 atom stereocenters. The van der Waals surface area contributed by atoms with Crippen LogP contribution in [-0.4, -0.2) is 45.4 Å². The monoisotopic (exact) mass is 366 g/mol. The maximum Gasteiger partial charge on any atom is 0.348 e. The largest absolute Gasteiger partial charge is 0.479 e. The Kier molecular flexibility index (Phi) is 6.20. The summed E-state index contributed by atoms with van der Waals surface area (Å²) in [5.41, 5.74) is 1.25. The van der Waals surface area contributed by atoms with Gasteiger partial charge in [0.1, 0.15) is 0 Å². The number of esters is 1. The fourth-order valence-electron chi connectivity index (χ4n) is 2.17. The number of benzene rings is 1. The second-order valence-corrected chi connectivity index (χ2v) is 8.25. The average Bonchev–Trinajstić information content (AvgIpc) is 2.49. The molecule has 0 spiro atoms. The highest BCUT2D eigenvalue weighted by molar-refractivity contribution is 5.93. The number of hydrogen-bond donors (Lipinski definition) is 3. The average molecular weight is 366 g/mol. The molecular formula is C19H26O7. The van der Waals surface area contributed by atoms with E-state index in [1.165, 1.54) is 0 Å². The standard InChI is InChI=1S/C19H26O7/c1-18(2,3)11-7-10(8-12(9-11)19(4,5)6)17(25)26-14(16(23)24)13(20)15(21)22/h7-9,13-14,20H,1-6H3,(H,21,22)(H,23,24)/t13-,14-/m1/s1. The first kappa shape index (κ1) is 21.6. The Labute approximate surface area is 152 Å². The molecule has 7 heteroatoms. The van der Waals surface area contributed by atoms with Crippen molar-refractivity contribution in [3.8, 4) is 0 Å². The Morgan fingerprint density at radius 1 is 0.846 bits per heavy atom. The van der Waals surface area contributed by atoms with Gasteiger partial charge in [-0.15, -0.1) is 0 Å². The predicted molar refractivity (Wildman–Crippen MR) is 94.3 cm³/mol. The van der Waals surface area contributed by atoms with Crippen molar-refractivity contribution in [1.82, 2.24) is 0 Å². The molecule has 0 saturated carbocycles. The van der Waals surface area contributed by atoms with Crippen LogP contribution < -0.4 is 0 Å². The number of carboxylic acid groups (broad SMARTS) is 2. The number of aliphatic hydroxyl groups is 1. The first-order valence-corrected chi connectivity index (χ1v) is 8.15. The predicted octanol–water partition coefficient (Wildman–Crippen LogP) is 2.34. The van der Waals surface area contributed by atoms with Gasteiger partial charge in [0.15, 0.2) is 6.10 Å². The molecule has 0 aliphatic heterocycles. The minimum atomic E-state index is -2.36. The van der Waals surface area contributed by atoms with E-state index in [2.05, 4.69) is 0 Å². The van der Waals surface area contributed by atoms with Crippen molar-refractivity contribution in [2.45, 2.75) is 64.6 Å². The molecule has 0 amide bonds. The van der Waals surface area contributed by atoms with Gasteiger partial charge in [-0.05, 0) is 34.1 Å². The van der Waals surface area contributed by atoms with Crippen molar-refractivity contribution in [2.24, 2.45) is 0 Å². The third kappa shape index (κ3) is 5.29. The normalized spacial score (nSPS) is 14.4. The maximum atomic E-state index is 12.5. The zero-order chi connectivity index (χ0) is 20.4. The fraction of sp³-hybridized carbons (Fsp3) is 0.526. The number of carbonyl (C=O) groups excluding carboxylic acids is 1. The van der Waals surface area contributed by atoms with Gasteiger partial charge in [-0.3, -0.25) is 0 Å². The summed E-state index contributed by atoms with van der Waals surface area (Å²) >= 11 is 0. The Morgan fingerprint density at radius 3 is 1.58 bits per heavy atom. The molecule has 26 heavy (non-hydrogen) atoms. The van der Waals surface area contributed by atoms with Gasteiger partial charge in [0.25, 0.3) is 0 Å². The quantitative estimate of drug-likeness (QED) is 0.684. The van der Waals surface area contributed by atoms with Crippen molar-refractivity contribution in [1.29, 1.82) is 0 Å². The van der Waals surface area contributed by atoms with Crippen LogP contribution in [0.15, 0.2) is 18.2 Å². The van der Waals surface area contributed by atoms with Crippen LogP contribution in [0.25, 0.3) is 0 Å². The molecule has 3 N–H and O–H groups in total. The number of aliphatic carboxylic acids is 2. The van der Waals surface area contributed by atoms with Crippen molar-refractivity contribution >= 4 is 17.9 Å². The molecule has 7 nitrogen and oxygen atoms in total. The summed E-state index contributed by atoms with van der Waals surface area (Å²) in [6, 6.07) is 5.14. The maximum absolute atomic E-state index is 12.5. The van der Waals surface area contributed by atoms with Crippen LogP contribution in [-0.2, 0) is 25.2 Å². The molecule has 144 valence electrons. The summed E-state index contributed by atoms with van der Waals surface area (Å²) in [6.07, 6.45) is -4.55. The van der Waals surface area contributed by atoms with E-state index < -0.39 is 30.1 Å². The lowest BCUT2D eigenvalue weighted by Crippen LogP contribution is -2.43. The summed E-state index contributed by atoms with van der Waals surface area (Å²) in [5.74, 6) is -4.53. The molecular weight excluding hydrogens is 340 g/mol. The van der Waals surface area contributed by atoms with Crippen LogP contribution in [0.2, 0.25) is 0 Å². The van der Waals surface area contributed by atoms with Gasteiger partial charge in [-0.2, -0.15) is 0 Å². The van der Waals surface area contributed by atoms with E-state index in [1.807, 2.05) is 47.6 Å². The topological polar surface area (TPSA) is 121 Å². The smallest absolute Gasteiger partial charge is 0.348 e. The lowest BCUT2D eigenvalue weighted by Gasteiger charge is -2.26. The summed E-state index contributed by atoms with van der Waals surface area (Å²) in [7, 11) is 0. The van der Waals surface area contributed by atoms with E-state index in [4.69, 9.17) is 14.9 Å². The van der Waals surface area contributed by atoms with Crippen LogP contribution in [0.5, 0.6) is 0 Å². The van der Waals surface area contributed by atoms with Crippen molar-refractivity contribution in [2.75, 3.05) is 0 Å². The van der Waals surface area contributed by atoms with Crippen molar-refractivity contribution in [3.05, 3.63) is 34.9 Å².